The highest BCUT2D eigenvalue weighted by molar-refractivity contribution is 7.99. The molecule has 0 saturated carbocycles. The number of benzene rings is 2. The van der Waals surface area contributed by atoms with E-state index in [0.717, 1.165) is 16.0 Å². The van der Waals surface area contributed by atoms with Crippen molar-refractivity contribution in [2.75, 3.05) is 25.6 Å². The largest absolute Gasteiger partial charge is 0.491 e. The molecule has 0 bridgehead atoms. The van der Waals surface area contributed by atoms with Crippen molar-refractivity contribution in [2.24, 2.45) is 0 Å². The lowest BCUT2D eigenvalue weighted by molar-refractivity contribution is 0.201. The number of allylic oxidation sites excluding steroid dienone is 5. The Morgan fingerprint density at radius 1 is 1.03 bits per heavy atom. The van der Waals surface area contributed by atoms with E-state index in [-0.39, 0.29) is 29.6 Å². The quantitative estimate of drug-likeness (QED) is 0.400. The second-order valence-electron chi connectivity index (χ2n) is 6.25. The van der Waals surface area contributed by atoms with Gasteiger partial charge in [-0.2, -0.15) is 0 Å². The molecule has 0 unspecified atom stereocenters. The number of aliphatic hydroxyl groups is 2. The summed E-state index contributed by atoms with van der Waals surface area (Å²) < 4.78 is 30.9. The lowest BCUT2D eigenvalue weighted by Crippen LogP contribution is -2.04. The SMILES string of the molecule is C=C/C(=C\C=C(/C)S(=O)(=O)c1ccc(OCCO)cc1)c1ccc(SCCO)cc1. The van der Waals surface area contributed by atoms with Crippen LogP contribution in [0.2, 0.25) is 0 Å². The van der Waals surface area contributed by atoms with Crippen LogP contribution < -0.4 is 4.74 Å². The van der Waals surface area contributed by atoms with Gasteiger partial charge < -0.3 is 14.9 Å². The van der Waals surface area contributed by atoms with Crippen LogP contribution in [-0.2, 0) is 9.84 Å². The third-order valence-electron chi connectivity index (χ3n) is 4.18. The molecule has 0 atom stereocenters. The molecule has 0 saturated heterocycles. The molecule has 0 amide bonds. The molecule has 0 aliphatic carbocycles. The Morgan fingerprint density at radius 3 is 2.27 bits per heavy atom. The summed E-state index contributed by atoms with van der Waals surface area (Å²) in [6.45, 7) is 5.55. The first-order valence-electron chi connectivity index (χ1n) is 9.36. The van der Waals surface area contributed by atoms with Gasteiger partial charge in [0.1, 0.15) is 12.4 Å². The highest BCUT2D eigenvalue weighted by Gasteiger charge is 2.16. The second-order valence-corrected chi connectivity index (χ2v) is 9.54. The molecule has 2 aromatic rings. The average Bonchev–Trinajstić information content (AvgIpc) is 2.77. The van der Waals surface area contributed by atoms with Gasteiger partial charge in [-0.3, -0.25) is 0 Å². The van der Waals surface area contributed by atoms with Gasteiger partial charge in [0.05, 0.1) is 18.1 Å². The first kappa shape index (κ1) is 24.0. The molecule has 0 heterocycles. The number of thioether (sulfide) groups is 1. The maximum atomic E-state index is 12.8. The van der Waals surface area contributed by atoms with E-state index >= 15 is 0 Å². The molecule has 2 rings (SSSR count). The van der Waals surface area contributed by atoms with Gasteiger partial charge in [0.15, 0.2) is 0 Å². The zero-order chi connectivity index (χ0) is 22.0. The number of hydrogen-bond donors (Lipinski definition) is 2. The molecule has 2 N–H and O–H groups in total. The minimum absolute atomic E-state index is 0.107. The number of hydrogen-bond acceptors (Lipinski definition) is 6. The van der Waals surface area contributed by atoms with Gasteiger partial charge in [0.25, 0.3) is 0 Å². The Morgan fingerprint density at radius 2 is 1.70 bits per heavy atom. The fourth-order valence-corrected chi connectivity index (χ4v) is 4.32. The summed E-state index contributed by atoms with van der Waals surface area (Å²) in [4.78, 5) is 1.43. The van der Waals surface area contributed by atoms with Crippen molar-refractivity contribution < 1.29 is 23.4 Å². The van der Waals surface area contributed by atoms with E-state index in [2.05, 4.69) is 6.58 Å². The monoisotopic (exact) mass is 446 g/mol. The first-order chi connectivity index (χ1) is 14.4. The van der Waals surface area contributed by atoms with Crippen LogP contribution in [-0.4, -0.2) is 44.2 Å². The first-order valence-corrected chi connectivity index (χ1v) is 11.8. The van der Waals surface area contributed by atoms with Gasteiger partial charge in [-0.25, -0.2) is 8.42 Å². The zero-order valence-corrected chi connectivity index (χ0v) is 18.5. The van der Waals surface area contributed by atoms with Crippen LogP contribution in [0.15, 0.2) is 88.0 Å². The zero-order valence-electron chi connectivity index (χ0n) is 16.8. The Kier molecular flexibility index (Phi) is 9.39. The Balaban J connectivity index is 2.20. The van der Waals surface area contributed by atoms with Crippen LogP contribution in [0.5, 0.6) is 5.75 Å². The summed E-state index contributed by atoms with van der Waals surface area (Å²) in [7, 11) is -3.63. The smallest absolute Gasteiger partial charge is 0.202 e. The van der Waals surface area contributed by atoms with E-state index in [1.807, 2.05) is 24.3 Å². The highest BCUT2D eigenvalue weighted by atomic mass is 32.2. The number of aliphatic hydroxyl groups excluding tert-OH is 2. The van der Waals surface area contributed by atoms with E-state index in [1.165, 1.54) is 12.1 Å². The van der Waals surface area contributed by atoms with Gasteiger partial charge in [0.2, 0.25) is 9.84 Å². The van der Waals surface area contributed by atoms with Crippen LogP contribution in [0, 0.1) is 0 Å². The number of rotatable bonds is 11. The van der Waals surface area contributed by atoms with E-state index in [9.17, 15) is 8.42 Å². The van der Waals surface area contributed by atoms with Crippen LogP contribution in [0.4, 0.5) is 0 Å². The van der Waals surface area contributed by atoms with Crippen LogP contribution in [0.3, 0.4) is 0 Å². The molecular formula is C23H26O5S2. The predicted molar refractivity (Wildman–Crippen MR) is 122 cm³/mol. The van der Waals surface area contributed by atoms with Crippen molar-refractivity contribution in [3.8, 4) is 5.75 Å². The van der Waals surface area contributed by atoms with E-state index in [4.69, 9.17) is 14.9 Å². The van der Waals surface area contributed by atoms with Crippen LogP contribution in [0.25, 0.3) is 5.57 Å². The maximum absolute atomic E-state index is 12.8. The van der Waals surface area contributed by atoms with Gasteiger partial charge in [-0.1, -0.05) is 30.9 Å². The van der Waals surface area contributed by atoms with E-state index in [0.29, 0.717) is 11.5 Å². The average molecular weight is 447 g/mol. The molecular weight excluding hydrogens is 420 g/mol. The minimum atomic E-state index is -3.63. The fraction of sp³-hybridized carbons (Fsp3) is 0.217. The molecule has 5 nitrogen and oxygen atoms in total. The lowest BCUT2D eigenvalue weighted by Gasteiger charge is -2.08. The molecule has 7 heteroatoms. The summed E-state index contributed by atoms with van der Waals surface area (Å²) in [5.41, 5.74) is 1.72. The molecule has 0 aromatic heterocycles. The molecule has 0 aliphatic rings. The van der Waals surface area contributed by atoms with Crippen molar-refractivity contribution in [3.05, 3.63) is 83.8 Å². The molecule has 160 valence electrons. The van der Waals surface area contributed by atoms with Crippen molar-refractivity contribution in [1.82, 2.24) is 0 Å². The van der Waals surface area contributed by atoms with Gasteiger partial charge in [-0.15, -0.1) is 11.8 Å². The molecule has 0 radical (unpaired) electrons. The standard InChI is InChI=1S/C23H26O5S2/c1-3-19(20-6-10-22(11-7-20)29-17-15-25)5-4-18(2)30(26,27)23-12-8-21(9-13-23)28-16-14-24/h3-13,24-25H,1,14-17H2,2H3/b18-4+,19-5+. The summed E-state index contributed by atoms with van der Waals surface area (Å²) in [6.07, 6.45) is 4.98. The molecule has 30 heavy (non-hydrogen) atoms. The normalized spacial score (nSPS) is 12.6. The number of sulfone groups is 1. The summed E-state index contributed by atoms with van der Waals surface area (Å²) in [5, 5.41) is 17.7. The van der Waals surface area contributed by atoms with Gasteiger partial charge in [0, 0.05) is 15.6 Å². The van der Waals surface area contributed by atoms with Gasteiger partial charge in [-0.05, 0) is 60.5 Å². The molecule has 0 fully saturated rings. The predicted octanol–water partition coefficient (Wildman–Crippen LogP) is 4.09. The van der Waals surface area contributed by atoms with E-state index < -0.39 is 9.84 Å². The third-order valence-corrected chi connectivity index (χ3v) is 7.05. The summed E-state index contributed by atoms with van der Waals surface area (Å²) in [5.74, 6) is 1.14. The molecule has 2 aromatic carbocycles. The highest BCUT2D eigenvalue weighted by Crippen LogP contribution is 2.25. The summed E-state index contributed by atoms with van der Waals surface area (Å²) in [6, 6.07) is 13.9. The third kappa shape index (κ3) is 6.60. The number of ether oxygens (including phenoxy) is 1. The Hall–Kier alpha value is -2.32. The maximum Gasteiger partial charge on any atom is 0.202 e. The molecule has 0 aliphatic heterocycles. The Bertz CT molecular complexity index is 989. The van der Waals surface area contributed by atoms with Crippen molar-refractivity contribution in [1.29, 1.82) is 0 Å². The topological polar surface area (TPSA) is 83.8 Å². The van der Waals surface area contributed by atoms with E-state index in [1.54, 1.807) is 49.0 Å². The van der Waals surface area contributed by atoms with Gasteiger partial charge >= 0.3 is 0 Å². The second kappa shape index (κ2) is 11.8. The fourth-order valence-electron chi connectivity index (χ4n) is 2.55. The van der Waals surface area contributed by atoms with Crippen molar-refractivity contribution >= 4 is 27.2 Å². The van der Waals surface area contributed by atoms with Crippen LogP contribution >= 0.6 is 11.8 Å². The van der Waals surface area contributed by atoms with Crippen molar-refractivity contribution in [2.45, 2.75) is 16.7 Å². The lowest BCUT2D eigenvalue weighted by atomic mass is 10.1. The van der Waals surface area contributed by atoms with Crippen molar-refractivity contribution in [3.63, 3.8) is 0 Å². The minimum Gasteiger partial charge on any atom is -0.491 e. The van der Waals surface area contributed by atoms with Crippen LogP contribution in [0.1, 0.15) is 12.5 Å². The summed E-state index contributed by atoms with van der Waals surface area (Å²) >= 11 is 1.57. The molecule has 0 spiro atoms. The Labute approximate surface area is 182 Å².